The average Bonchev–Trinajstić information content (AvgIpc) is 3.37. The summed E-state index contributed by atoms with van der Waals surface area (Å²) in [7, 11) is 0. The van der Waals surface area contributed by atoms with Crippen molar-refractivity contribution in [3.05, 3.63) is 89.3 Å². The van der Waals surface area contributed by atoms with Gasteiger partial charge in [-0.1, -0.05) is 59.8 Å². The van der Waals surface area contributed by atoms with Crippen molar-refractivity contribution in [2.45, 2.75) is 33.2 Å². The standard InChI is InChI=1S/C26H33N5O2.HI/c1-2-27-26(31-15-13-30(14-16-31)19-25-12-17-33-29-25)28-18-23-10-6-7-11-24(23)21-32-20-22-8-4-3-5-9-22;/h3-12,17H,2,13-16,18-21H2,1H3,(H,27,28);1H. The molecule has 1 fully saturated rings. The largest absolute Gasteiger partial charge is 0.372 e. The first-order valence-electron chi connectivity index (χ1n) is 11.6. The summed E-state index contributed by atoms with van der Waals surface area (Å²) in [4.78, 5) is 9.71. The van der Waals surface area contributed by atoms with E-state index in [0.717, 1.165) is 50.9 Å². The zero-order chi connectivity index (χ0) is 22.7. The zero-order valence-electron chi connectivity index (χ0n) is 19.7. The lowest BCUT2D eigenvalue weighted by molar-refractivity contribution is 0.106. The van der Waals surface area contributed by atoms with Crippen LogP contribution in [0.5, 0.6) is 0 Å². The smallest absolute Gasteiger partial charge is 0.194 e. The fourth-order valence-corrected chi connectivity index (χ4v) is 3.96. The molecule has 0 radical (unpaired) electrons. The predicted molar refractivity (Wildman–Crippen MR) is 145 cm³/mol. The molecule has 3 aromatic rings. The zero-order valence-corrected chi connectivity index (χ0v) is 22.1. The summed E-state index contributed by atoms with van der Waals surface area (Å²) < 4.78 is 10.9. The molecule has 1 N–H and O–H groups in total. The molecular formula is C26H34IN5O2. The van der Waals surface area contributed by atoms with Gasteiger partial charge in [-0.25, -0.2) is 4.99 Å². The van der Waals surface area contributed by atoms with E-state index < -0.39 is 0 Å². The minimum atomic E-state index is 0. The van der Waals surface area contributed by atoms with Crippen LogP contribution in [-0.4, -0.2) is 53.6 Å². The Morgan fingerprint density at radius 2 is 1.71 bits per heavy atom. The second kappa shape index (κ2) is 14.1. The molecule has 1 aromatic heterocycles. The summed E-state index contributed by atoms with van der Waals surface area (Å²) in [6.07, 6.45) is 1.63. The minimum absolute atomic E-state index is 0. The van der Waals surface area contributed by atoms with E-state index in [2.05, 4.69) is 63.6 Å². The van der Waals surface area contributed by atoms with E-state index in [1.54, 1.807) is 6.26 Å². The number of ether oxygens (including phenoxy) is 1. The van der Waals surface area contributed by atoms with Crippen molar-refractivity contribution in [1.29, 1.82) is 0 Å². The average molecular weight is 575 g/mol. The molecule has 1 aliphatic heterocycles. The lowest BCUT2D eigenvalue weighted by atomic mass is 10.1. The molecule has 182 valence electrons. The third-order valence-corrected chi connectivity index (χ3v) is 5.77. The third-order valence-electron chi connectivity index (χ3n) is 5.77. The van der Waals surface area contributed by atoms with Crippen molar-refractivity contribution in [3.8, 4) is 0 Å². The lowest BCUT2D eigenvalue weighted by Crippen LogP contribution is -2.52. The Kier molecular flexibility index (Phi) is 10.8. The molecular weight excluding hydrogens is 541 g/mol. The lowest BCUT2D eigenvalue weighted by Gasteiger charge is -2.36. The fraction of sp³-hybridized carbons (Fsp3) is 0.385. The topological polar surface area (TPSA) is 66.1 Å². The SMILES string of the molecule is CCNC(=NCc1ccccc1COCc1ccccc1)N1CCN(Cc2ccon2)CC1.I. The minimum Gasteiger partial charge on any atom is -0.372 e. The molecule has 0 saturated carbocycles. The van der Waals surface area contributed by atoms with Crippen molar-refractivity contribution in [2.75, 3.05) is 32.7 Å². The van der Waals surface area contributed by atoms with E-state index in [-0.39, 0.29) is 24.0 Å². The normalized spacial score (nSPS) is 14.6. The number of rotatable bonds is 9. The molecule has 0 aliphatic carbocycles. The number of halogens is 1. The van der Waals surface area contributed by atoms with Crippen LogP contribution in [0.1, 0.15) is 29.3 Å². The van der Waals surface area contributed by atoms with Gasteiger partial charge in [0.2, 0.25) is 0 Å². The highest BCUT2D eigenvalue weighted by atomic mass is 127. The van der Waals surface area contributed by atoms with Gasteiger partial charge in [0.05, 0.1) is 25.5 Å². The molecule has 2 aromatic carbocycles. The quantitative estimate of drug-likeness (QED) is 0.233. The molecule has 0 unspecified atom stereocenters. The van der Waals surface area contributed by atoms with Crippen molar-refractivity contribution in [3.63, 3.8) is 0 Å². The Bertz CT molecular complexity index is 989. The second-order valence-corrected chi connectivity index (χ2v) is 8.17. The van der Waals surface area contributed by atoms with Gasteiger partial charge in [0.1, 0.15) is 6.26 Å². The maximum Gasteiger partial charge on any atom is 0.194 e. The monoisotopic (exact) mass is 575 g/mol. The highest BCUT2D eigenvalue weighted by Crippen LogP contribution is 2.14. The van der Waals surface area contributed by atoms with Crippen LogP contribution in [0, 0.1) is 0 Å². The van der Waals surface area contributed by atoms with Gasteiger partial charge >= 0.3 is 0 Å². The number of benzene rings is 2. The molecule has 1 aliphatic rings. The Morgan fingerprint density at radius 3 is 2.41 bits per heavy atom. The van der Waals surface area contributed by atoms with E-state index >= 15 is 0 Å². The van der Waals surface area contributed by atoms with E-state index in [4.69, 9.17) is 14.3 Å². The van der Waals surface area contributed by atoms with Gasteiger partial charge in [-0.15, -0.1) is 24.0 Å². The number of nitrogens with one attached hydrogen (secondary N) is 1. The van der Waals surface area contributed by atoms with E-state index in [0.29, 0.717) is 19.8 Å². The Hall–Kier alpha value is -2.43. The first-order valence-corrected chi connectivity index (χ1v) is 11.6. The molecule has 4 rings (SSSR count). The van der Waals surface area contributed by atoms with Gasteiger partial charge in [0.15, 0.2) is 5.96 Å². The number of hydrogen-bond acceptors (Lipinski definition) is 5. The van der Waals surface area contributed by atoms with Gasteiger partial charge in [-0.2, -0.15) is 0 Å². The molecule has 0 atom stereocenters. The maximum absolute atomic E-state index is 5.98. The molecule has 0 spiro atoms. The molecule has 8 heteroatoms. The number of hydrogen-bond donors (Lipinski definition) is 1. The summed E-state index contributed by atoms with van der Waals surface area (Å²) in [6, 6.07) is 20.6. The summed E-state index contributed by atoms with van der Waals surface area (Å²) in [6.45, 7) is 9.43. The Morgan fingerprint density at radius 1 is 0.971 bits per heavy atom. The van der Waals surface area contributed by atoms with Crippen molar-refractivity contribution < 1.29 is 9.26 Å². The second-order valence-electron chi connectivity index (χ2n) is 8.17. The van der Waals surface area contributed by atoms with E-state index in [9.17, 15) is 0 Å². The molecule has 7 nitrogen and oxygen atoms in total. The highest BCUT2D eigenvalue weighted by molar-refractivity contribution is 14.0. The Labute approximate surface area is 219 Å². The molecule has 0 amide bonds. The van der Waals surface area contributed by atoms with Crippen LogP contribution in [0.2, 0.25) is 0 Å². The van der Waals surface area contributed by atoms with Crippen LogP contribution in [0.4, 0.5) is 0 Å². The van der Waals surface area contributed by atoms with Crippen LogP contribution < -0.4 is 5.32 Å². The molecule has 34 heavy (non-hydrogen) atoms. The predicted octanol–water partition coefficient (Wildman–Crippen LogP) is 4.29. The summed E-state index contributed by atoms with van der Waals surface area (Å²) in [5, 5.41) is 7.49. The summed E-state index contributed by atoms with van der Waals surface area (Å²) in [5.41, 5.74) is 4.55. The third kappa shape index (κ3) is 7.82. The van der Waals surface area contributed by atoms with Crippen molar-refractivity contribution in [2.24, 2.45) is 4.99 Å². The van der Waals surface area contributed by atoms with Crippen molar-refractivity contribution >= 4 is 29.9 Å². The van der Waals surface area contributed by atoms with E-state index in [1.165, 1.54) is 16.7 Å². The van der Waals surface area contributed by atoms with Gasteiger partial charge < -0.3 is 19.5 Å². The molecule has 2 heterocycles. The van der Waals surface area contributed by atoms with Gasteiger partial charge in [-0.3, -0.25) is 4.90 Å². The number of piperazine rings is 1. The maximum atomic E-state index is 5.98. The van der Waals surface area contributed by atoms with Crippen LogP contribution in [0.3, 0.4) is 0 Å². The molecule has 1 saturated heterocycles. The van der Waals surface area contributed by atoms with Crippen LogP contribution in [0.15, 0.2) is 76.4 Å². The van der Waals surface area contributed by atoms with Gasteiger partial charge in [-0.05, 0) is 23.6 Å². The first-order chi connectivity index (χ1) is 16.3. The van der Waals surface area contributed by atoms with Crippen molar-refractivity contribution in [1.82, 2.24) is 20.3 Å². The number of aliphatic imine (C=N–C) groups is 1. The van der Waals surface area contributed by atoms with Crippen LogP contribution in [0.25, 0.3) is 0 Å². The summed E-state index contributed by atoms with van der Waals surface area (Å²) >= 11 is 0. The molecule has 0 bridgehead atoms. The summed E-state index contributed by atoms with van der Waals surface area (Å²) in [5.74, 6) is 0.971. The fourth-order valence-electron chi connectivity index (χ4n) is 3.96. The number of guanidine groups is 1. The Balaban J connectivity index is 0.00000324. The first kappa shape index (κ1) is 26.2. The number of nitrogens with zero attached hydrogens (tertiary/aromatic N) is 4. The van der Waals surface area contributed by atoms with Gasteiger partial charge in [0, 0.05) is 45.3 Å². The number of aromatic nitrogens is 1. The highest BCUT2D eigenvalue weighted by Gasteiger charge is 2.20. The van der Waals surface area contributed by atoms with E-state index in [1.807, 2.05) is 24.3 Å². The van der Waals surface area contributed by atoms with Crippen LogP contribution >= 0.6 is 24.0 Å². The van der Waals surface area contributed by atoms with Gasteiger partial charge in [0.25, 0.3) is 0 Å². The van der Waals surface area contributed by atoms with Crippen LogP contribution in [-0.2, 0) is 31.0 Å².